The van der Waals surface area contributed by atoms with Crippen LogP contribution < -0.4 is 0 Å². The van der Waals surface area contributed by atoms with Crippen molar-refractivity contribution in [2.75, 3.05) is 13.7 Å². The molecule has 0 fully saturated rings. The van der Waals surface area contributed by atoms with Crippen LogP contribution in [-0.2, 0) is 9.46 Å². The fourth-order valence-electron chi connectivity index (χ4n) is 0.591. The highest BCUT2D eigenvalue weighted by Gasteiger charge is 2.03. The van der Waals surface area contributed by atoms with E-state index in [1.165, 1.54) is 7.11 Å². The van der Waals surface area contributed by atoms with E-state index in [0.717, 1.165) is 12.5 Å². The van der Waals surface area contributed by atoms with Gasteiger partial charge in [-0.1, -0.05) is 0 Å². The summed E-state index contributed by atoms with van der Waals surface area (Å²) in [6.07, 6.45) is 0.830. The fraction of sp³-hybridized carbons (Fsp3) is 1.00. The number of hydrogen-bond donors (Lipinski definition) is 1. The molecular weight excluding hydrogens is 136 g/mol. The summed E-state index contributed by atoms with van der Waals surface area (Å²) < 4.78 is 4.87. The van der Waals surface area contributed by atoms with Crippen molar-refractivity contribution in [3.63, 3.8) is 0 Å². The second-order valence-corrected chi connectivity index (χ2v) is 4.33. The Kier molecular flexibility index (Phi) is 6.29. The third-order valence-corrected chi connectivity index (χ3v) is 2.77. The van der Waals surface area contributed by atoms with Crippen LogP contribution in [-0.4, -0.2) is 27.9 Å². The van der Waals surface area contributed by atoms with Crippen molar-refractivity contribution in [2.45, 2.75) is 19.0 Å². The maximum Gasteiger partial charge on any atom is 0.221 e. The zero-order valence-corrected chi connectivity index (χ0v) is 7.12. The molecular formula is C5H14O3Si. The molecule has 3 nitrogen and oxygen atoms in total. The number of aliphatic hydroxyl groups is 1. The number of rotatable bonds is 5. The molecule has 0 rings (SSSR count). The van der Waals surface area contributed by atoms with E-state index in [1.54, 1.807) is 0 Å². The van der Waals surface area contributed by atoms with Gasteiger partial charge in [-0.25, -0.2) is 0 Å². The van der Waals surface area contributed by atoms with Gasteiger partial charge in [0.25, 0.3) is 0 Å². The molecule has 0 bridgehead atoms. The Hall–Kier alpha value is 0.0969. The summed E-state index contributed by atoms with van der Waals surface area (Å²) in [5.74, 6) is 0. The average molecular weight is 150 g/mol. The van der Waals surface area contributed by atoms with Gasteiger partial charge in [-0.3, -0.25) is 9.46 Å². The highest BCUT2D eigenvalue weighted by molar-refractivity contribution is 6.49. The van der Waals surface area contributed by atoms with Gasteiger partial charge in [0.2, 0.25) is 9.04 Å². The van der Waals surface area contributed by atoms with Crippen LogP contribution in [0, 0.1) is 0 Å². The largest absolute Gasteiger partial charge is 0.396 e. The molecule has 0 saturated heterocycles. The Balaban J connectivity index is 2.95. The lowest BCUT2D eigenvalue weighted by atomic mass is 10.5. The molecule has 1 N–H and O–H groups in total. The Labute approximate surface area is 57.3 Å². The van der Waals surface area contributed by atoms with Crippen molar-refractivity contribution in [1.82, 2.24) is 0 Å². The van der Waals surface area contributed by atoms with Gasteiger partial charge in [0.05, 0.1) is 7.11 Å². The van der Waals surface area contributed by atoms with Gasteiger partial charge < -0.3 is 5.11 Å². The van der Waals surface area contributed by atoms with Crippen LogP contribution in [0.15, 0.2) is 0 Å². The van der Waals surface area contributed by atoms with Gasteiger partial charge in [0.15, 0.2) is 0 Å². The summed E-state index contributed by atoms with van der Waals surface area (Å²) in [5.41, 5.74) is 0. The maximum atomic E-state index is 8.41. The molecule has 9 heavy (non-hydrogen) atoms. The van der Waals surface area contributed by atoms with Crippen molar-refractivity contribution >= 4 is 9.04 Å². The van der Waals surface area contributed by atoms with Crippen molar-refractivity contribution in [3.05, 3.63) is 0 Å². The van der Waals surface area contributed by atoms with Crippen LogP contribution in [0.2, 0.25) is 12.6 Å². The second-order valence-electron chi connectivity index (χ2n) is 1.94. The predicted octanol–water partition coefficient (Wildman–Crippen LogP) is 0.300. The molecule has 0 aromatic heterocycles. The molecule has 0 amide bonds. The SMILES string of the molecule is COO[SiH](C)CCCO. The molecule has 0 heterocycles. The minimum absolute atomic E-state index is 0.254. The molecule has 4 heteroatoms. The van der Waals surface area contributed by atoms with E-state index in [-0.39, 0.29) is 6.61 Å². The summed E-state index contributed by atoms with van der Waals surface area (Å²) in [6.45, 7) is 2.30. The maximum absolute atomic E-state index is 8.41. The highest BCUT2D eigenvalue weighted by Crippen LogP contribution is 1.97. The van der Waals surface area contributed by atoms with E-state index < -0.39 is 9.04 Å². The standard InChI is InChI=1S/C5H14O3Si/c1-7-8-9(2)5-3-4-6/h6,9H,3-5H2,1-2H3. The van der Waals surface area contributed by atoms with Crippen molar-refractivity contribution < 1.29 is 14.6 Å². The lowest BCUT2D eigenvalue weighted by Crippen LogP contribution is -2.12. The van der Waals surface area contributed by atoms with E-state index in [2.05, 4.69) is 4.89 Å². The molecule has 0 aromatic rings. The normalized spacial score (nSPS) is 13.7. The summed E-state index contributed by atoms with van der Waals surface area (Å²) >= 11 is 0. The Morgan fingerprint density at radius 3 is 2.67 bits per heavy atom. The molecule has 0 radical (unpaired) electrons. The van der Waals surface area contributed by atoms with Crippen molar-refractivity contribution in [3.8, 4) is 0 Å². The smallest absolute Gasteiger partial charge is 0.221 e. The minimum atomic E-state index is -1.10. The van der Waals surface area contributed by atoms with Gasteiger partial charge in [-0.2, -0.15) is 0 Å². The monoisotopic (exact) mass is 150 g/mol. The molecule has 0 saturated carbocycles. The molecule has 0 aliphatic carbocycles. The van der Waals surface area contributed by atoms with Crippen molar-refractivity contribution in [2.24, 2.45) is 0 Å². The van der Waals surface area contributed by atoms with E-state index >= 15 is 0 Å². The van der Waals surface area contributed by atoms with E-state index in [9.17, 15) is 0 Å². The first-order valence-electron chi connectivity index (χ1n) is 3.11. The van der Waals surface area contributed by atoms with E-state index in [4.69, 9.17) is 9.68 Å². The summed E-state index contributed by atoms with van der Waals surface area (Å²) in [5, 5.41) is 8.41. The minimum Gasteiger partial charge on any atom is -0.396 e. The third kappa shape index (κ3) is 5.98. The molecule has 0 aromatic carbocycles. The van der Waals surface area contributed by atoms with Crippen LogP contribution >= 0.6 is 0 Å². The summed E-state index contributed by atoms with van der Waals surface area (Å²) in [7, 11) is 0.414. The zero-order valence-electron chi connectivity index (χ0n) is 5.96. The lowest BCUT2D eigenvalue weighted by Gasteiger charge is -2.05. The first-order valence-corrected chi connectivity index (χ1v) is 5.56. The quantitative estimate of drug-likeness (QED) is 0.348. The fourth-order valence-corrected chi connectivity index (χ4v) is 1.77. The lowest BCUT2D eigenvalue weighted by molar-refractivity contribution is -0.184. The Bertz CT molecular complexity index is 60.2. The van der Waals surface area contributed by atoms with Crippen molar-refractivity contribution in [1.29, 1.82) is 0 Å². The zero-order chi connectivity index (χ0) is 7.11. The molecule has 0 spiro atoms. The Morgan fingerprint density at radius 1 is 1.56 bits per heavy atom. The second kappa shape index (κ2) is 6.22. The van der Waals surface area contributed by atoms with Crippen LogP contribution in [0.3, 0.4) is 0 Å². The van der Waals surface area contributed by atoms with Crippen LogP contribution in [0.25, 0.3) is 0 Å². The third-order valence-electron chi connectivity index (χ3n) is 1.03. The van der Waals surface area contributed by atoms with Gasteiger partial charge in [0.1, 0.15) is 0 Å². The molecule has 56 valence electrons. The number of hydrogen-bond acceptors (Lipinski definition) is 3. The highest BCUT2D eigenvalue weighted by atomic mass is 28.3. The molecule has 1 unspecified atom stereocenters. The molecule has 0 aliphatic rings. The average Bonchev–Trinajstić information content (AvgIpc) is 1.85. The van der Waals surface area contributed by atoms with Crippen LogP contribution in [0.1, 0.15) is 6.42 Å². The Morgan fingerprint density at radius 2 is 2.22 bits per heavy atom. The van der Waals surface area contributed by atoms with Gasteiger partial charge in [-0.05, 0) is 19.0 Å². The first kappa shape index (κ1) is 9.10. The van der Waals surface area contributed by atoms with Gasteiger partial charge in [-0.15, -0.1) is 0 Å². The van der Waals surface area contributed by atoms with E-state index in [0.29, 0.717) is 0 Å². The van der Waals surface area contributed by atoms with Gasteiger partial charge >= 0.3 is 0 Å². The number of aliphatic hydroxyl groups excluding tert-OH is 1. The van der Waals surface area contributed by atoms with Gasteiger partial charge in [0, 0.05) is 6.61 Å². The van der Waals surface area contributed by atoms with Crippen LogP contribution in [0.4, 0.5) is 0 Å². The predicted molar refractivity (Wildman–Crippen MR) is 37.6 cm³/mol. The van der Waals surface area contributed by atoms with E-state index in [1.807, 2.05) is 6.55 Å². The molecule has 1 atom stereocenters. The topological polar surface area (TPSA) is 38.7 Å². The first-order chi connectivity index (χ1) is 4.31. The summed E-state index contributed by atoms with van der Waals surface area (Å²) in [4.78, 5) is 4.48. The van der Waals surface area contributed by atoms with Crippen LogP contribution in [0.5, 0.6) is 0 Å². The summed E-state index contributed by atoms with van der Waals surface area (Å²) in [6, 6.07) is 0.977. The molecule has 0 aliphatic heterocycles.